The van der Waals surface area contributed by atoms with E-state index in [1.807, 2.05) is 31.2 Å². The number of para-hydroxylation sites is 1. The molecule has 1 aromatic carbocycles. The van der Waals surface area contributed by atoms with E-state index in [1.54, 1.807) is 4.57 Å². The lowest BCUT2D eigenvalue weighted by Gasteiger charge is -2.25. The number of benzene rings is 1. The van der Waals surface area contributed by atoms with E-state index in [0.717, 1.165) is 41.4 Å². The van der Waals surface area contributed by atoms with Gasteiger partial charge >= 0.3 is 5.97 Å². The van der Waals surface area contributed by atoms with Crippen LogP contribution in [0.25, 0.3) is 10.9 Å². The van der Waals surface area contributed by atoms with E-state index in [0.29, 0.717) is 0 Å². The van der Waals surface area contributed by atoms with Gasteiger partial charge in [-0.15, -0.1) is 0 Å². The van der Waals surface area contributed by atoms with Crippen molar-refractivity contribution in [2.24, 2.45) is 5.92 Å². The van der Waals surface area contributed by atoms with Gasteiger partial charge in [-0.05, 0) is 31.4 Å². The zero-order valence-electron chi connectivity index (χ0n) is 11.4. The summed E-state index contributed by atoms with van der Waals surface area (Å²) in [6, 6.07) is 7.55. The first kappa shape index (κ1) is 12.9. The fourth-order valence-electron chi connectivity index (χ4n) is 2.93. The molecule has 4 heteroatoms. The van der Waals surface area contributed by atoms with Gasteiger partial charge in [0.15, 0.2) is 0 Å². The van der Waals surface area contributed by atoms with Crippen molar-refractivity contribution in [1.82, 2.24) is 4.57 Å². The molecule has 104 valence electrons. The zero-order valence-corrected chi connectivity index (χ0v) is 11.4. The van der Waals surface area contributed by atoms with Gasteiger partial charge in [-0.1, -0.05) is 24.6 Å². The molecule has 1 aromatic heterocycles. The standard InChI is InChI=1S/C16H17NO3/c1-10-13(9-15(18)19)12-7-2-3-8-14(12)17(10)16(20)11-5-4-6-11/h2-3,7-8,11H,4-6,9H2,1H3,(H,18,19). The van der Waals surface area contributed by atoms with Crippen LogP contribution in [-0.4, -0.2) is 21.6 Å². The van der Waals surface area contributed by atoms with E-state index < -0.39 is 5.97 Å². The highest BCUT2D eigenvalue weighted by atomic mass is 16.4. The Hall–Kier alpha value is -2.10. The second kappa shape index (κ2) is 4.78. The van der Waals surface area contributed by atoms with Crippen LogP contribution in [0, 0.1) is 12.8 Å². The van der Waals surface area contributed by atoms with Crippen molar-refractivity contribution in [2.75, 3.05) is 0 Å². The molecular weight excluding hydrogens is 254 g/mol. The molecule has 0 atom stereocenters. The molecule has 2 aromatic rings. The Bertz CT molecular complexity index is 695. The number of carbonyl (C=O) groups excluding carboxylic acids is 1. The van der Waals surface area contributed by atoms with E-state index in [4.69, 9.17) is 5.11 Å². The molecule has 0 spiro atoms. The summed E-state index contributed by atoms with van der Waals surface area (Å²) in [5.74, 6) is -0.657. The molecule has 0 amide bonds. The molecule has 20 heavy (non-hydrogen) atoms. The third-order valence-corrected chi connectivity index (χ3v) is 4.25. The van der Waals surface area contributed by atoms with Gasteiger partial charge in [0.2, 0.25) is 5.91 Å². The summed E-state index contributed by atoms with van der Waals surface area (Å²) in [6.07, 6.45) is 2.95. The van der Waals surface area contributed by atoms with Crippen molar-refractivity contribution in [3.05, 3.63) is 35.5 Å². The molecule has 1 N–H and O–H groups in total. The lowest BCUT2D eigenvalue weighted by Crippen LogP contribution is -2.28. The van der Waals surface area contributed by atoms with Crippen LogP contribution in [0.5, 0.6) is 0 Å². The van der Waals surface area contributed by atoms with Gasteiger partial charge in [0.25, 0.3) is 0 Å². The van der Waals surface area contributed by atoms with Crippen LogP contribution >= 0.6 is 0 Å². The number of aliphatic carboxylic acids is 1. The quantitative estimate of drug-likeness (QED) is 0.933. The summed E-state index contributed by atoms with van der Waals surface area (Å²) >= 11 is 0. The largest absolute Gasteiger partial charge is 0.481 e. The minimum Gasteiger partial charge on any atom is -0.481 e. The van der Waals surface area contributed by atoms with Crippen molar-refractivity contribution in [3.8, 4) is 0 Å². The van der Waals surface area contributed by atoms with Crippen LogP contribution in [0.4, 0.5) is 0 Å². The summed E-state index contributed by atoms with van der Waals surface area (Å²) in [4.78, 5) is 23.6. The Morgan fingerprint density at radius 2 is 2.00 bits per heavy atom. The third kappa shape index (κ3) is 1.92. The predicted octanol–water partition coefficient (Wildman–Crippen LogP) is 3.02. The molecule has 0 unspecified atom stereocenters. The average molecular weight is 271 g/mol. The van der Waals surface area contributed by atoms with Crippen LogP contribution < -0.4 is 0 Å². The maximum absolute atomic E-state index is 12.6. The maximum Gasteiger partial charge on any atom is 0.307 e. The average Bonchev–Trinajstić information content (AvgIpc) is 2.60. The van der Waals surface area contributed by atoms with Crippen LogP contribution in [0.3, 0.4) is 0 Å². The zero-order chi connectivity index (χ0) is 14.3. The van der Waals surface area contributed by atoms with E-state index in [-0.39, 0.29) is 18.2 Å². The number of hydrogen-bond acceptors (Lipinski definition) is 2. The second-order valence-electron chi connectivity index (χ2n) is 5.45. The number of hydrogen-bond donors (Lipinski definition) is 1. The normalized spacial score (nSPS) is 15.2. The van der Waals surface area contributed by atoms with E-state index >= 15 is 0 Å². The van der Waals surface area contributed by atoms with Crippen LogP contribution in [0.1, 0.15) is 35.3 Å². The van der Waals surface area contributed by atoms with E-state index in [2.05, 4.69) is 0 Å². The van der Waals surface area contributed by atoms with Crippen molar-refractivity contribution < 1.29 is 14.7 Å². The first-order chi connectivity index (χ1) is 9.59. The van der Waals surface area contributed by atoms with Gasteiger partial charge < -0.3 is 5.11 Å². The number of aromatic nitrogens is 1. The van der Waals surface area contributed by atoms with Gasteiger partial charge in [0, 0.05) is 17.0 Å². The number of carboxylic acid groups (broad SMARTS) is 1. The van der Waals surface area contributed by atoms with Gasteiger partial charge in [0.1, 0.15) is 0 Å². The summed E-state index contributed by atoms with van der Waals surface area (Å²) in [5.41, 5.74) is 2.35. The molecule has 3 rings (SSSR count). The molecule has 1 heterocycles. The number of rotatable bonds is 3. The molecule has 1 aliphatic rings. The smallest absolute Gasteiger partial charge is 0.307 e. The molecule has 0 aliphatic heterocycles. The first-order valence-corrected chi connectivity index (χ1v) is 6.94. The minimum absolute atomic E-state index is 0.0444. The molecule has 1 saturated carbocycles. The Kier molecular flexibility index (Phi) is 3.08. The number of carbonyl (C=O) groups is 2. The lowest BCUT2D eigenvalue weighted by molar-refractivity contribution is -0.136. The number of carboxylic acids is 1. The third-order valence-electron chi connectivity index (χ3n) is 4.25. The van der Waals surface area contributed by atoms with Crippen LogP contribution in [0.15, 0.2) is 24.3 Å². The lowest BCUT2D eigenvalue weighted by atomic mass is 9.84. The maximum atomic E-state index is 12.6. The van der Waals surface area contributed by atoms with Crippen molar-refractivity contribution in [3.63, 3.8) is 0 Å². The predicted molar refractivity (Wildman–Crippen MR) is 76.0 cm³/mol. The van der Waals surface area contributed by atoms with Gasteiger partial charge in [-0.25, -0.2) is 0 Å². The van der Waals surface area contributed by atoms with E-state index in [9.17, 15) is 9.59 Å². The molecule has 4 nitrogen and oxygen atoms in total. The molecule has 0 saturated heterocycles. The summed E-state index contributed by atoms with van der Waals surface area (Å²) < 4.78 is 1.72. The number of nitrogens with zero attached hydrogens (tertiary/aromatic N) is 1. The molecule has 0 bridgehead atoms. The Labute approximate surface area is 117 Å². The molecule has 0 radical (unpaired) electrons. The highest BCUT2D eigenvalue weighted by molar-refractivity contribution is 5.98. The van der Waals surface area contributed by atoms with Gasteiger partial charge in [-0.3, -0.25) is 14.2 Å². The van der Waals surface area contributed by atoms with Gasteiger partial charge in [0.05, 0.1) is 11.9 Å². The highest BCUT2D eigenvalue weighted by Gasteiger charge is 2.29. The second-order valence-corrected chi connectivity index (χ2v) is 5.45. The Morgan fingerprint density at radius 3 is 2.60 bits per heavy atom. The molecule has 1 fully saturated rings. The summed E-state index contributed by atoms with van der Waals surface area (Å²) in [7, 11) is 0. The first-order valence-electron chi connectivity index (χ1n) is 6.94. The van der Waals surface area contributed by atoms with Crippen molar-refractivity contribution >= 4 is 22.8 Å². The Morgan fingerprint density at radius 1 is 1.30 bits per heavy atom. The van der Waals surface area contributed by atoms with E-state index in [1.165, 1.54) is 0 Å². The topological polar surface area (TPSA) is 59.3 Å². The van der Waals surface area contributed by atoms with Crippen molar-refractivity contribution in [2.45, 2.75) is 32.6 Å². The fraction of sp³-hybridized carbons (Fsp3) is 0.375. The molecule has 1 aliphatic carbocycles. The minimum atomic E-state index is -0.868. The molecular formula is C16H17NO3. The van der Waals surface area contributed by atoms with Gasteiger partial charge in [-0.2, -0.15) is 0 Å². The summed E-state index contributed by atoms with van der Waals surface area (Å²) in [6.45, 7) is 1.84. The fourth-order valence-corrected chi connectivity index (χ4v) is 2.93. The Balaban J connectivity index is 2.18. The monoisotopic (exact) mass is 271 g/mol. The highest BCUT2D eigenvalue weighted by Crippen LogP contribution is 2.32. The SMILES string of the molecule is Cc1c(CC(=O)O)c2ccccc2n1C(=O)C1CCC1. The van der Waals surface area contributed by atoms with Crippen LogP contribution in [0.2, 0.25) is 0 Å². The summed E-state index contributed by atoms with van der Waals surface area (Å²) in [5, 5.41) is 9.95. The van der Waals surface area contributed by atoms with Crippen LogP contribution in [-0.2, 0) is 11.2 Å². The van der Waals surface area contributed by atoms with Crippen molar-refractivity contribution in [1.29, 1.82) is 0 Å². The number of fused-ring (bicyclic) bond motifs is 1.